The second-order valence-electron chi connectivity index (χ2n) is 9.02. The standard InChI is InChI=1S/C17H18O.C16H16O2/c1-12-6-4-7-15(10-12)13(2)14(3)16-8-5-9-17(18)11-16;1-11(13-5-3-7-15(17)9-13)12(2)14-6-4-8-16(18)10-14/h4-11,18H,1-3H3;3-10,17-18H,1-2H3/b14-13+;12-11-. The molecule has 0 fully saturated rings. The van der Waals surface area contributed by atoms with E-state index in [4.69, 9.17) is 0 Å². The van der Waals surface area contributed by atoms with Gasteiger partial charge in [0.2, 0.25) is 0 Å². The maximum absolute atomic E-state index is 9.54. The lowest BCUT2D eigenvalue weighted by Crippen LogP contribution is -1.87. The molecule has 4 aromatic carbocycles. The summed E-state index contributed by atoms with van der Waals surface area (Å²) in [7, 11) is 0. The fourth-order valence-corrected chi connectivity index (χ4v) is 3.96. The minimum atomic E-state index is 0.260. The van der Waals surface area contributed by atoms with Gasteiger partial charge in [-0.15, -0.1) is 0 Å². The highest BCUT2D eigenvalue weighted by molar-refractivity contribution is 5.90. The molecule has 3 heteroatoms. The summed E-state index contributed by atoms with van der Waals surface area (Å²) in [6.07, 6.45) is 0. The highest BCUT2D eigenvalue weighted by Gasteiger charge is 2.05. The van der Waals surface area contributed by atoms with Crippen LogP contribution in [-0.4, -0.2) is 15.3 Å². The van der Waals surface area contributed by atoms with Crippen molar-refractivity contribution < 1.29 is 15.3 Å². The van der Waals surface area contributed by atoms with Crippen molar-refractivity contribution in [1.29, 1.82) is 0 Å². The normalized spacial score (nSPS) is 12.1. The Kier molecular flexibility index (Phi) is 8.75. The Bertz CT molecular complexity index is 1190. The zero-order valence-corrected chi connectivity index (χ0v) is 21.6. The van der Waals surface area contributed by atoms with Gasteiger partial charge in [-0.1, -0.05) is 66.2 Å². The quantitative estimate of drug-likeness (QED) is 0.257. The number of aryl methyl sites for hydroxylation is 1. The van der Waals surface area contributed by atoms with Crippen LogP contribution in [0.3, 0.4) is 0 Å². The molecule has 0 aromatic heterocycles. The van der Waals surface area contributed by atoms with Crippen LogP contribution in [0.2, 0.25) is 0 Å². The summed E-state index contributed by atoms with van der Waals surface area (Å²) in [5.74, 6) is 0.829. The van der Waals surface area contributed by atoms with E-state index in [9.17, 15) is 15.3 Å². The lowest BCUT2D eigenvalue weighted by molar-refractivity contribution is 0.474. The largest absolute Gasteiger partial charge is 0.508 e. The molecule has 4 aromatic rings. The van der Waals surface area contributed by atoms with Gasteiger partial charge in [0.1, 0.15) is 17.2 Å². The first-order chi connectivity index (χ1) is 17.2. The van der Waals surface area contributed by atoms with Gasteiger partial charge in [0.05, 0.1) is 0 Å². The summed E-state index contributed by atoms with van der Waals surface area (Å²) >= 11 is 0. The van der Waals surface area contributed by atoms with Crippen molar-refractivity contribution in [3.63, 3.8) is 0 Å². The molecule has 0 aliphatic heterocycles. The fourth-order valence-electron chi connectivity index (χ4n) is 3.96. The van der Waals surface area contributed by atoms with Crippen LogP contribution < -0.4 is 0 Å². The van der Waals surface area contributed by atoms with Crippen LogP contribution in [0.15, 0.2) is 97.1 Å². The van der Waals surface area contributed by atoms with Crippen molar-refractivity contribution in [2.45, 2.75) is 34.6 Å². The fraction of sp³-hybridized carbons (Fsp3) is 0.152. The maximum Gasteiger partial charge on any atom is 0.116 e. The van der Waals surface area contributed by atoms with E-state index >= 15 is 0 Å². The second-order valence-corrected chi connectivity index (χ2v) is 9.02. The average Bonchev–Trinajstić information content (AvgIpc) is 2.87. The van der Waals surface area contributed by atoms with E-state index in [2.05, 4.69) is 45.0 Å². The molecule has 0 bridgehead atoms. The molecular formula is C33H34O3. The molecular weight excluding hydrogens is 444 g/mol. The van der Waals surface area contributed by atoms with Crippen molar-refractivity contribution in [3.8, 4) is 17.2 Å². The number of rotatable bonds is 4. The smallest absolute Gasteiger partial charge is 0.116 e. The van der Waals surface area contributed by atoms with Crippen molar-refractivity contribution in [1.82, 2.24) is 0 Å². The zero-order chi connectivity index (χ0) is 26.2. The molecule has 0 unspecified atom stereocenters. The van der Waals surface area contributed by atoms with Crippen molar-refractivity contribution in [2.24, 2.45) is 0 Å². The zero-order valence-electron chi connectivity index (χ0n) is 21.6. The summed E-state index contributed by atoms with van der Waals surface area (Å²) in [6, 6.07) is 30.2. The monoisotopic (exact) mass is 478 g/mol. The molecule has 3 N–H and O–H groups in total. The number of aromatic hydroxyl groups is 3. The molecule has 184 valence electrons. The predicted octanol–water partition coefficient (Wildman–Crippen LogP) is 8.70. The van der Waals surface area contributed by atoms with Crippen LogP contribution >= 0.6 is 0 Å². The summed E-state index contributed by atoms with van der Waals surface area (Å²) < 4.78 is 0. The highest BCUT2D eigenvalue weighted by Crippen LogP contribution is 2.29. The van der Waals surface area contributed by atoms with E-state index < -0.39 is 0 Å². The SMILES string of the molecule is C/C(=C(/C)c1cccc(O)c1)c1cccc(C)c1.C/C(=C(\C)c1cccc(O)c1)c1cccc(O)c1. The first kappa shape index (κ1) is 26.4. The Morgan fingerprint density at radius 1 is 0.417 bits per heavy atom. The first-order valence-corrected chi connectivity index (χ1v) is 12.0. The Morgan fingerprint density at radius 2 is 0.694 bits per heavy atom. The maximum atomic E-state index is 9.54. The van der Waals surface area contributed by atoms with E-state index in [0.29, 0.717) is 5.75 Å². The number of hydrogen-bond donors (Lipinski definition) is 3. The van der Waals surface area contributed by atoms with Gasteiger partial charge >= 0.3 is 0 Å². The van der Waals surface area contributed by atoms with Crippen molar-refractivity contribution in [3.05, 3.63) is 125 Å². The lowest BCUT2D eigenvalue weighted by atomic mass is 9.96. The van der Waals surface area contributed by atoms with Gasteiger partial charge in [-0.3, -0.25) is 0 Å². The van der Waals surface area contributed by atoms with Gasteiger partial charge in [-0.2, -0.15) is 0 Å². The summed E-state index contributed by atoms with van der Waals surface area (Å²) in [5, 5.41) is 28.5. The van der Waals surface area contributed by atoms with Gasteiger partial charge in [-0.25, -0.2) is 0 Å². The summed E-state index contributed by atoms with van der Waals surface area (Å²) in [4.78, 5) is 0. The van der Waals surface area contributed by atoms with Crippen LogP contribution in [0.1, 0.15) is 55.5 Å². The number of phenols is 3. The first-order valence-electron chi connectivity index (χ1n) is 12.0. The van der Waals surface area contributed by atoms with E-state index in [1.165, 1.54) is 22.3 Å². The summed E-state index contributed by atoms with van der Waals surface area (Å²) in [6.45, 7) is 10.3. The van der Waals surface area contributed by atoms with Gasteiger partial charge in [0.25, 0.3) is 0 Å². The third-order valence-corrected chi connectivity index (χ3v) is 6.41. The minimum Gasteiger partial charge on any atom is -0.508 e. The Hall–Kier alpha value is -4.24. The Balaban J connectivity index is 0.000000201. The lowest BCUT2D eigenvalue weighted by Gasteiger charge is -2.09. The molecule has 0 saturated heterocycles. The van der Waals surface area contributed by atoms with Crippen LogP contribution in [0.4, 0.5) is 0 Å². The molecule has 36 heavy (non-hydrogen) atoms. The van der Waals surface area contributed by atoms with Crippen molar-refractivity contribution in [2.75, 3.05) is 0 Å². The minimum absolute atomic E-state index is 0.260. The molecule has 0 saturated carbocycles. The highest BCUT2D eigenvalue weighted by atomic mass is 16.3. The third kappa shape index (κ3) is 6.89. The van der Waals surface area contributed by atoms with Crippen LogP contribution in [0.25, 0.3) is 22.3 Å². The molecule has 4 rings (SSSR count). The average molecular weight is 479 g/mol. The molecule has 0 heterocycles. The van der Waals surface area contributed by atoms with Gasteiger partial charge < -0.3 is 15.3 Å². The number of allylic oxidation sites excluding steroid dienone is 4. The van der Waals surface area contributed by atoms with E-state index in [0.717, 1.165) is 27.8 Å². The molecule has 3 nitrogen and oxygen atoms in total. The van der Waals surface area contributed by atoms with Crippen LogP contribution in [0.5, 0.6) is 17.2 Å². The van der Waals surface area contributed by atoms with E-state index in [1.54, 1.807) is 36.4 Å². The Morgan fingerprint density at radius 3 is 0.972 bits per heavy atom. The van der Waals surface area contributed by atoms with E-state index in [-0.39, 0.29) is 11.5 Å². The van der Waals surface area contributed by atoms with Gasteiger partial charge in [-0.05, 0) is 116 Å². The number of hydrogen-bond acceptors (Lipinski definition) is 3. The van der Waals surface area contributed by atoms with Gasteiger partial charge in [0.15, 0.2) is 0 Å². The number of benzene rings is 4. The molecule has 0 spiro atoms. The second kappa shape index (κ2) is 11.9. The van der Waals surface area contributed by atoms with Gasteiger partial charge in [0, 0.05) is 0 Å². The summed E-state index contributed by atoms with van der Waals surface area (Å²) in [5.41, 5.74) is 10.1. The van der Waals surface area contributed by atoms with E-state index in [1.807, 2.05) is 50.2 Å². The van der Waals surface area contributed by atoms with Crippen LogP contribution in [0, 0.1) is 6.92 Å². The molecule has 0 aliphatic rings. The third-order valence-electron chi connectivity index (χ3n) is 6.41. The number of phenolic OH excluding ortho intramolecular Hbond substituents is 3. The predicted molar refractivity (Wildman–Crippen MR) is 152 cm³/mol. The molecule has 0 aliphatic carbocycles. The van der Waals surface area contributed by atoms with Crippen molar-refractivity contribution >= 4 is 22.3 Å². The molecule has 0 amide bonds. The topological polar surface area (TPSA) is 60.7 Å². The Labute approximate surface area is 214 Å². The molecule has 0 atom stereocenters. The molecule has 0 radical (unpaired) electrons. The van der Waals surface area contributed by atoms with Crippen LogP contribution in [-0.2, 0) is 0 Å².